The van der Waals surface area contributed by atoms with Gasteiger partial charge in [-0.25, -0.2) is 0 Å². The van der Waals surface area contributed by atoms with Crippen LogP contribution in [0.3, 0.4) is 0 Å². The van der Waals surface area contributed by atoms with Crippen LogP contribution in [0.2, 0.25) is 0 Å². The summed E-state index contributed by atoms with van der Waals surface area (Å²) in [5, 5.41) is 6.67. The van der Waals surface area contributed by atoms with Crippen molar-refractivity contribution in [3.63, 3.8) is 0 Å². The number of methoxy groups -OCH3 is 1. The molecule has 148 valence electrons. The standard InChI is InChI=1S/C22H27N3O3/c1-17-4-6-19(7-5-17)16-24-10-12-25(13-11-24)23-15-20-8-9-21(28-18(2)26)22(14-20)27-3/h4-9,14-15H,10-13,16H2,1-3H3/b23-15-. The molecule has 6 nitrogen and oxygen atoms in total. The van der Waals surface area contributed by atoms with E-state index in [1.165, 1.54) is 18.1 Å². The summed E-state index contributed by atoms with van der Waals surface area (Å²) in [4.78, 5) is 13.6. The zero-order valence-corrected chi connectivity index (χ0v) is 16.7. The van der Waals surface area contributed by atoms with Crippen molar-refractivity contribution in [3.8, 4) is 11.5 Å². The molecule has 2 aromatic rings. The van der Waals surface area contributed by atoms with Gasteiger partial charge >= 0.3 is 5.97 Å². The van der Waals surface area contributed by atoms with Gasteiger partial charge in [0.25, 0.3) is 0 Å². The van der Waals surface area contributed by atoms with Crippen molar-refractivity contribution in [1.29, 1.82) is 0 Å². The average Bonchev–Trinajstić information content (AvgIpc) is 2.69. The van der Waals surface area contributed by atoms with Crippen LogP contribution in [-0.4, -0.2) is 55.4 Å². The van der Waals surface area contributed by atoms with Crippen LogP contribution in [0.4, 0.5) is 0 Å². The van der Waals surface area contributed by atoms with E-state index in [0.717, 1.165) is 38.3 Å². The molecule has 28 heavy (non-hydrogen) atoms. The van der Waals surface area contributed by atoms with Crippen LogP contribution in [0.5, 0.6) is 11.5 Å². The monoisotopic (exact) mass is 381 g/mol. The Balaban J connectivity index is 1.53. The van der Waals surface area contributed by atoms with E-state index in [9.17, 15) is 4.79 Å². The van der Waals surface area contributed by atoms with Crippen molar-refractivity contribution < 1.29 is 14.3 Å². The van der Waals surface area contributed by atoms with Crippen LogP contribution in [0, 0.1) is 6.92 Å². The van der Waals surface area contributed by atoms with Crippen LogP contribution >= 0.6 is 0 Å². The Bertz CT molecular complexity index is 825. The van der Waals surface area contributed by atoms with E-state index in [4.69, 9.17) is 9.47 Å². The fourth-order valence-electron chi connectivity index (χ4n) is 3.11. The number of benzene rings is 2. The first-order valence-corrected chi connectivity index (χ1v) is 9.47. The van der Waals surface area contributed by atoms with Crippen molar-refractivity contribution in [2.24, 2.45) is 5.10 Å². The van der Waals surface area contributed by atoms with Gasteiger partial charge in [-0.2, -0.15) is 5.10 Å². The number of esters is 1. The largest absolute Gasteiger partial charge is 0.493 e. The molecule has 1 heterocycles. The second kappa shape index (κ2) is 9.37. The molecule has 0 N–H and O–H groups in total. The van der Waals surface area contributed by atoms with E-state index in [2.05, 4.69) is 46.2 Å². The predicted octanol–water partition coefficient (Wildman–Crippen LogP) is 3.08. The average molecular weight is 381 g/mol. The quantitative estimate of drug-likeness (QED) is 0.437. The molecule has 1 aliphatic rings. The van der Waals surface area contributed by atoms with Crippen LogP contribution in [0.25, 0.3) is 0 Å². The Morgan fingerprint density at radius 3 is 2.43 bits per heavy atom. The molecule has 0 amide bonds. The van der Waals surface area contributed by atoms with Gasteiger partial charge in [-0.05, 0) is 36.2 Å². The maximum atomic E-state index is 11.1. The van der Waals surface area contributed by atoms with Gasteiger partial charge in [0.1, 0.15) is 0 Å². The van der Waals surface area contributed by atoms with E-state index in [-0.39, 0.29) is 5.97 Å². The Labute approximate surface area is 166 Å². The first-order chi connectivity index (χ1) is 13.5. The molecular formula is C22H27N3O3. The maximum Gasteiger partial charge on any atom is 0.308 e. The number of carbonyl (C=O) groups excluding carboxylic acids is 1. The highest BCUT2D eigenvalue weighted by molar-refractivity contribution is 5.81. The molecule has 0 aliphatic carbocycles. The molecule has 1 aliphatic heterocycles. The Morgan fingerprint density at radius 1 is 1.07 bits per heavy atom. The lowest BCUT2D eigenvalue weighted by Crippen LogP contribution is -2.43. The van der Waals surface area contributed by atoms with E-state index in [1.54, 1.807) is 13.2 Å². The van der Waals surface area contributed by atoms with Gasteiger partial charge < -0.3 is 9.47 Å². The molecule has 1 saturated heterocycles. The van der Waals surface area contributed by atoms with E-state index in [0.29, 0.717) is 11.5 Å². The highest BCUT2D eigenvalue weighted by atomic mass is 16.6. The summed E-state index contributed by atoms with van der Waals surface area (Å²) in [5.41, 5.74) is 3.54. The second-order valence-electron chi connectivity index (χ2n) is 6.96. The lowest BCUT2D eigenvalue weighted by atomic mass is 10.1. The Kier molecular flexibility index (Phi) is 6.66. The third kappa shape index (κ3) is 5.57. The van der Waals surface area contributed by atoms with Crippen molar-refractivity contribution >= 4 is 12.2 Å². The SMILES string of the molecule is COc1cc(/C=N\N2CCN(Cc3ccc(C)cc3)CC2)ccc1OC(C)=O. The van der Waals surface area contributed by atoms with E-state index in [1.807, 2.05) is 18.3 Å². The number of aryl methyl sites for hydroxylation is 1. The zero-order valence-electron chi connectivity index (χ0n) is 16.7. The van der Waals surface area contributed by atoms with Crippen molar-refractivity contribution in [1.82, 2.24) is 9.91 Å². The van der Waals surface area contributed by atoms with Crippen LogP contribution in [0.1, 0.15) is 23.6 Å². The number of nitrogens with zero attached hydrogens (tertiary/aromatic N) is 3. The molecule has 0 bridgehead atoms. The first kappa shape index (κ1) is 19.9. The Morgan fingerprint density at radius 2 is 1.79 bits per heavy atom. The first-order valence-electron chi connectivity index (χ1n) is 9.47. The summed E-state index contributed by atoms with van der Waals surface area (Å²) in [7, 11) is 1.55. The number of piperazine rings is 1. The normalized spacial score (nSPS) is 15.0. The minimum atomic E-state index is -0.372. The van der Waals surface area contributed by atoms with Crippen LogP contribution < -0.4 is 9.47 Å². The Hall–Kier alpha value is -2.86. The van der Waals surface area contributed by atoms with Crippen molar-refractivity contribution in [3.05, 3.63) is 59.2 Å². The molecule has 2 aromatic carbocycles. The molecule has 0 saturated carbocycles. The minimum absolute atomic E-state index is 0.372. The molecule has 3 rings (SSSR count). The molecule has 0 radical (unpaired) electrons. The van der Waals surface area contributed by atoms with Crippen molar-refractivity contribution in [2.45, 2.75) is 20.4 Å². The number of hydrogen-bond acceptors (Lipinski definition) is 6. The van der Waals surface area contributed by atoms with Gasteiger partial charge in [0, 0.05) is 39.6 Å². The molecule has 0 spiro atoms. The lowest BCUT2D eigenvalue weighted by molar-refractivity contribution is -0.132. The minimum Gasteiger partial charge on any atom is -0.493 e. The number of rotatable bonds is 6. The molecule has 1 fully saturated rings. The summed E-state index contributed by atoms with van der Waals surface area (Å²) in [6.07, 6.45) is 1.82. The fourth-order valence-corrected chi connectivity index (χ4v) is 3.11. The second-order valence-corrected chi connectivity index (χ2v) is 6.96. The highest BCUT2D eigenvalue weighted by Gasteiger charge is 2.15. The summed E-state index contributed by atoms with van der Waals surface area (Å²) in [6, 6.07) is 14.1. The van der Waals surface area contributed by atoms with E-state index >= 15 is 0 Å². The van der Waals surface area contributed by atoms with Crippen LogP contribution in [0.15, 0.2) is 47.6 Å². The van der Waals surface area contributed by atoms with Gasteiger partial charge in [0.15, 0.2) is 11.5 Å². The zero-order chi connectivity index (χ0) is 19.9. The third-order valence-electron chi connectivity index (χ3n) is 4.69. The molecule has 6 heteroatoms. The molecular weight excluding hydrogens is 354 g/mol. The van der Waals surface area contributed by atoms with Gasteiger partial charge in [-0.15, -0.1) is 0 Å². The molecule has 0 atom stereocenters. The number of hydrogen-bond donors (Lipinski definition) is 0. The summed E-state index contributed by atoms with van der Waals surface area (Å²) >= 11 is 0. The number of carbonyl (C=O) groups is 1. The number of hydrazone groups is 1. The van der Waals surface area contributed by atoms with E-state index < -0.39 is 0 Å². The van der Waals surface area contributed by atoms with Gasteiger partial charge in [0.05, 0.1) is 13.3 Å². The highest BCUT2D eigenvalue weighted by Crippen LogP contribution is 2.27. The van der Waals surface area contributed by atoms with Crippen LogP contribution in [-0.2, 0) is 11.3 Å². The summed E-state index contributed by atoms with van der Waals surface area (Å²) < 4.78 is 10.4. The maximum absolute atomic E-state index is 11.1. The fraction of sp³-hybridized carbons (Fsp3) is 0.364. The summed E-state index contributed by atoms with van der Waals surface area (Å²) in [5.74, 6) is 0.558. The predicted molar refractivity (Wildman–Crippen MR) is 110 cm³/mol. The third-order valence-corrected chi connectivity index (χ3v) is 4.69. The smallest absolute Gasteiger partial charge is 0.308 e. The van der Waals surface area contributed by atoms with Crippen molar-refractivity contribution in [2.75, 3.05) is 33.3 Å². The topological polar surface area (TPSA) is 54.4 Å². The lowest BCUT2D eigenvalue weighted by Gasteiger charge is -2.33. The van der Waals surface area contributed by atoms with Gasteiger partial charge in [-0.1, -0.05) is 29.8 Å². The molecule has 0 unspecified atom stereocenters. The summed E-state index contributed by atoms with van der Waals surface area (Å²) in [6.45, 7) is 8.22. The molecule has 0 aromatic heterocycles. The van der Waals surface area contributed by atoms with Gasteiger partial charge in [-0.3, -0.25) is 14.7 Å². The number of ether oxygens (including phenoxy) is 2. The van der Waals surface area contributed by atoms with Gasteiger partial charge in [0.2, 0.25) is 0 Å².